The van der Waals surface area contributed by atoms with Crippen molar-refractivity contribution in [3.8, 4) is 5.69 Å². The van der Waals surface area contributed by atoms with Crippen molar-refractivity contribution in [1.82, 2.24) is 9.99 Å². The molecule has 2 aromatic carbocycles. The molecule has 154 valence electrons. The van der Waals surface area contributed by atoms with Gasteiger partial charge in [-0.15, -0.1) is 0 Å². The summed E-state index contributed by atoms with van der Waals surface area (Å²) in [6.45, 7) is 3.79. The average molecular weight is 447 g/mol. The fourth-order valence-electron chi connectivity index (χ4n) is 2.89. The zero-order valence-corrected chi connectivity index (χ0v) is 17.6. The molecular formula is C21H17Cl2FN4O2. The number of aromatic nitrogens is 1. The lowest BCUT2D eigenvalue weighted by Crippen LogP contribution is -2.32. The maximum Gasteiger partial charge on any atom is 0.329 e. The minimum Gasteiger partial charge on any atom is -0.318 e. The molecule has 0 radical (unpaired) electrons. The van der Waals surface area contributed by atoms with E-state index in [1.54, 1.807) is 18.2 Å². The molecule has 0 saturated carbocycles. The monoisotopic (exact) mass is 446 g/mol. The van der Waals surface area contributed by atoms with Crippen molar-refractivity contribution in [2.24, 2.45) is 5.10 Å². The highest BCUT2D eigenvalue weighted by molar-refractivity contribution is 6.42. The van der Waals surface area contributed by atoms with Crippen molar-refractivity contribution in [3.05, 3.63) is 81.3 Å². The summed E-state index contributed by atoms with van der Waals surface area (Å²) in [5.41, 5.74) is 5.36. The SMILES string of the molecule is Cc1cc(/C=N\NC(=O)C(=O)Nc2ccccc2F)c(C)n1-c1ccc(Cl)c(Cl)c1. The van der Waals surface area contributed by atoms with Gasteiger partial charge in [-0.1, -0.05) is 35.3 Å². The normalized spacial score (nSPS) is 11.0. The van der Waals surface area contributed by atoms with Gasteiger partial charge in [-0.2, -0.15) is 5.10 Å². The zero-order valence-electron chi connectivity index (χ0n) is 16.0. The summed E-state index contributed by atoms with van der Waals surface area (Å²) in [5.74, 6) is -2.69. The van der Waals surface area contributed by atoms with Crippen LogP contribution >= 0.6 is 23.2 Å². The van der Waals surface area contributed by atoms with Crippen molar-refractivity contribution >= 4 is 46.9 Å². The summed E-state index contributed by atoms with van der Waals surface area (Å²) < 4.78 is 15.5. The summed E-state index contributed by atoms with van der Waals surface area (Å²) in [5, 5.41) is 6.91. The fourth-order valence-corrected chi connectivity index (χ4v) is 3.18. The van der Waals surface area contributed by atoms with Gasteiger partial charge in [0, 0.05) is 22.6 Å². The largest absolute Gasteiger partial charge is 0.329 e. The first-order chi connectivity index (χ1) is 14.3. The van der Waals surface area contributed by atoms with Crippen LogP contribution in [0, 0.1) is 19.7 Å². The maximum absolute atomic E-state index is 13.6. The van der Waals surface area contributed by atoms with Crippen molar-refractivity contribution in [3.63, 3.8) is 0 Å². The molecule has 0 aliphatic rings. The summed E-state index contributed by atoms with van der Waals surface area (Å²) >= 11 is 12.1. The molecule has 2 amide bonds. The number of carbonyl (C=O) groups is 2. The summed E-state index contributed by atoms with van der Waals surface area (Å²) in [4.78, 5) is 23.8. The number of nitrogens with one attached hydrogen (secondary N) is 2. The Hall–Kier alpha value is -3.16. The summed E-state index contributed by atoms with van der Waals surface area (Å²) in [6, 6.07) is 12.7. The van der Waals surface area contributed by atoms with Crippen LogP contribution in [0.5, 0.6) is 0 Å². The van der Waals surface area contributed by atoms with Crippen LogP contribution in [-0.4, -0.2) is 22.6 Å². The molecule has 1 aromatic heterocycles. The number of benzene rings is 2. The molecule has 3 rings (SSSR count). The van der Waals surface area contributed by atoms with Crippen LogP contribution in [0.15, 0.2) is 53.6 Å². The molecule has 0 aliphatic heterocycles. The number of carbonyl (C=O) groups excluding carboxylic acids is 2. The smallest absolute Gasteiger partial charge is 0.318 e. The molecule has 6 nitrogen and oxygen atoms in total. The highest BCUT2D eigenvalue weighted by Crippen LogP contribution is 2.27. The third kappa shape index (κ3) is 4.69. The van der Waals surface area contributed by atoms with Crippen LogP contribution in [0.25, 0.3) is 5.69 Å². The second-order valence-electron chi connectivity index (χ2n) is 6.39. The first-order valence-electron chi connectivity index (χ1n) is 8.81. The van der Waals surface area contributed by atoms with Crippen LogP contribution in [0.1, 0.15) is 17.0 Å². The molecule has 9 heteroatoms. The Balaban J connectivity index is 1.70. The van der Waals surface area contributed by atoms with Gasteiger partial charge in [0.05, 0.1) is 21.9 Å². The lowest BCUT2D eigenvalue weighted by atomic mass is 10.2. The van der Waals surface area contributed by atoms with E-state index in [4.69, 9.17) is 23.2 Å². The van der Waals surface area contributed by atoms with Gasteiger partial charge in [-0.25, -0.2) is 9.82 Å². The molecule has 0 unspecified atom stereocenters. The van der Waals surface area contributed by atoms with Crippen LogP contribution in [-0.2, 0) is 9.59 Å². The standard InChI is InChI=1S/C21H17Cl2FN4O2/c1-12-9-14(13(2)28(12)15-7-8-16(22)17(23)10-15)11-25-27-21(30)20(29)26-19-6-4-3-5-18(19)24/h3-11H,1-2H3,(H,26,29)(H,27,30)/b25-11-. The Morgan fingerprint density at radius 3 is 2.47 bits per heavy atom. The number of para-hydroxylation sites is 1. The molecule has 0 aliphatic carbocycles. The van der Waals surface area contributed by atoms with E-state index in [-0.39, 0.29) is 5.69 Å². The van der Waals surface area contributed by atoms with Crippen LogP contribution in [0.4, 0.5) is 10.1 Å². The maximum atomic E-state index is 13.6. The van der Waals surface area contributed by atoms with E-state index in [0.29, 0.717) is 10.0 Å². The van der Waals surface area contributed by atoms with Gasteiger partial charge in [-0.05, 0) is 50.2 Å². The Labute approximate surface area is 182 Å². The van der Waals surface area contributed by atoms with Crippen molar-refractivity contribution < 1.29 is 14.0 Å². The van der Waals surface area contributed by atoms with E-state index in [0.717, 1.165) is 22.6 Å². The molecule has 1 heterocycles. The molecule has 2 N–H and O–H groups in total. The second-order valence-corrected chi connectivity index (χ2v) is 7.21. The molecule has 30 heavy (non-hydrogen) atoms. The van der Waals surface area contributed by atoms with Crippen molar-refractivity contribution in [2.75, 3.05) is 5.32 Å². The van der Waals surface area contributed by atoms with E-state index < -0.39 is 17.6 Å². The van der Waals surface area contributed by atoms with Gasteiger partial charge in [-0.3, -0.25) is 9.59 Å². The van der Waals surface area contributed by atoms with Gasteiger partial charge in [0.15, 0.2) is 0 Å². The lowest BCUT2D eigenvalue weighted by Gasteiger charge is -2.10. The summed E-state index contributed by atoms with van der Waals surface area (Å²) in [6.07, 6.45) is 1.42. The van der Waals surface area contributed by atoms with Gasteiger partial charge in [0.2, 0.25) is 0 Å². The van der Waals surface area contributed by atoms with Crippen molar-refractivity contribution in [2.45, 2.75) is 13.8 Å². The lowest BCUT2D eigenvalue weighted by molar-refractivity contribution is -0.136. The van der Waals surface area contributed by atoms with E-state index in [9.17, 15) is 14.0 Å². The number of halogens is 3. The predicted octanol–water partition coefficient (Wildman–Crippen LogP) is 4.63. The van der Waals surface area contributed by atoms with Crippen LogP contribution < -0.4 is 10.7 Å². The van der Waals surface area contributed by atoms with E-state index in [1.807, 2.05) is 30.5 Å². The number of rotatable bonds is 4. The van der Waals surface area contributed by atoms with Gasteiger partial charge >= 0.3 is 11.8 Å². The van der Waals surface area contributed by atoms with E-state index >= 15 is 0 Å². The molecule has 0 atom stereocenters. The quantitative estimate of drug-likeness (QED) is 0.348. The van der Waals surface area contributed by atoms with Crippen LogP contribution in [0.3, 0.4) is 0 Å². The number of hydrazone groups is 1. The Bertz CT molecular complexity index is 1160. The van der Waals surface area contributed by atoms with Gasteiger partial charge < -0.3 is 9.88 Å². The number of hydrogen-bond donors (Lipinski definition) is 2. The number of anilines is 1. The first-order valence-corrected chi connectivity index (χ1v) is 9.57. The first kappa shape index (κ1) is 21.5. The van der Waals surface area contributed by atoms with E-state index in [1.165, 1.54) is 24.4 Å². The van der Waals surface area contributed by atoms with Gasteiger partial charge in [0.1, 0.15) is 5.82 Å². The highest BCUT2D eigenvalue weighted by atomic mass is 35.5. The number of aryl methyl sites for hydroxylation is 1. The highest BCUT2D eigenvalue weighted by Gasteiger charge is 2.15. The van der Waals surface area contributed by atoms with E-state index in [2.05, 4.69) is 15.8 Å². The van der Waals surface area contributed by atoms with Crippen molar-refractivity contribution in [1.29, 1.82) is 0 Å². The zero-order chi connectivity index (χ0) is 21.8. The Morgan fingerprint density at radius 2 is 1.77 bits per heavy atom. The number of hydrogen-bond acceptors (Lipinski definition) is 3. The molecule has 0 spiro atoms. The fraction of sp³-hybridized carbons (Fsp3) is 0.0952. The Morgan fingerprint density at radius 1 is 1.03 bits per heavy atom. The summed E-state index contributed by atoms with van der Waals surface area (Å²) in [7, 11) is 0. The number of nitrogens with zero attached hydrogens (tertiary/aromatic N) is 2. The molecular weight excluding hydrogens is 430 g/mol. The third-order valence-corrected chi connectivity index (χ3v) is 5.07. The predicted molar refractivity (Wildman–Crippen MR) is 116 cm³/mol. The number of amides is 2. The topological polar surface area (TPSA) is 75.5 Å². The minimum atomic E-state index is -1.03. The molecule has 0 saturated heterocycles. The van der Waals surface area contributed by atoms with Gasteiger partial charge in [0.25, 0.3) is 0 Å². The van der Waals surface area contributed by atoms with Crippen LogP contribution in [0.2, 0.25) is 10.0 Å². The average Bonchev–Trinajstić information content (AvgIpc) is 2.99. The Kier molecular flexibility index (Phi) is 6.54. The molecule has 3 aromatic rings. The second kappa shape index (κ2) is 9.11. The minimum absolute atomic E-state index is 0.0909. The molecule has 0 fully saturated rings. The molecule has 0 bridgehead atoms. The third-order valence-electron chi connectivity index (χ3n) is 4.33.